The molecule has 0 spiro atoms. The molecule has 2 unspecified atom stereocenters. The number of para-hydroxylation sites is 1. The van der Waals surface area contributed by atoms with Crippen LogP contribution in [0.5, 0.6) is 0 Å². The maximum Gasteiger partial charge on any atom is 0.329 e. The summed E-state index contributed by atoms with van der Waals surface area (Å²) < 4.78 is 41.0. The number of imidazole rings is 1. The van der Waals surface area contributed by atoms with Crippen molar-refractivity contribution in [3.8, 4) is 0 Å². The second-order valence-electron chi connectivity index (χ2n) is 25.7. The van der Waals surface area contributed by atoms with Crippen LogP contribution in [0.2, 0.25) is 0 Å². The van der Waals surface area contributed by atoms with Gasteiger partial charge in [0.2, 0.25) is 17.7 Å². The lowest BCUT2D eigenvalue weighted by Gasteiger charge is -2.34. The van der Waals surface area contributed by atoms with Crippen molar-refractivity contribution in [1.82, 2.24) is 63.9 Å². The number of hydrogen-bond donors (Lipinski definition) is 6. The zero-order valence-corrected chi connectivity index (χ0v) is 52.2. The molecule has 4 atom stereocenters. The van der Waals surface area contributed by atoms with Crippen LogP contribution in [0.1, 0.15) is 152 Å². The number of halogens is 2. The van der Waals surface area contributed by atoms with E-state index in [0.29, 0.717) is 119 Å². The van der Waals surface area contributed by atoms with E-state index < -0.39 is 42.1 Å². The predicted molar refractivity (Wildman–Crippen MR) is 341 cm³/mol. The smallest absolute Gasteiger partial charge is 0.329 e. The summed E-state index contributed by atoms with van der Waals surface area (Å²) in [6, 6.07) is 14.8. The van der Waals surface area contributed by atoms with Crippen LogP contribution >= 0.6 is 0 Å². The summed E-state index contributed by atoms with van der Waals surface area (Å²) >= 11 is 0. The number of amides is 5. The van der Waals surface area contributed by atoms with Crippen LogP contribution in [0.4, 0.5) is 37.6 Å². The Hall–Kier alpha value is -8.89. The number of carbonyl (C=O) groups is 5. The topological polar surface area (TPSA) is 303 Å². The molecular formula is C65H80F2N18O8. The van der Waals surface area contributed by atoms with Crippen molar-refractivity contribution in [2.24, 2.45) is 18.7 Å². The molecule has 6 aliphatic rings. The van der Waals surface area contributed by atoms with Gasteiger partial charge in [-0.3, -0.25) is 42.7 Å². The second-order valence-corrected chi connectivity index (χ2v) is 25.7. The first-order valence-corrected chi connectivity index (χ1v) is 32.8. The van der Waals surface area contributed by atoms with Crippen LogP contribution in [0.25, 0.3) is 16.7 Å². The fourth-order valence-electron chi connectivity index (χ4n) is 14.6. The first kappa shape index (κ1) is 62.9. The molecule has 10 heterocycles. The van der Waals surface area contributed by atoms with Gasteiger partial charge in [-0.2, -0.15) is 10.2 Å². The molecule has 1 saturated carbocycles. The van der Waals surface area contributed by atoms with Gasteiger partial charge in [0.1, 0.15) is 29.5 Å². The van der Waals surface area contributed by atoms with E-state index in [1.54, 1.807) is 24.0 Å². The first-order chi connectivity index (χ1) is 45.1. The highest BCUT2D eigenvalue weighted by atomic mass is 19.3. The molecule has 5 aliphatic heterocycles. The van der Waals surface area contributed by atoms with Gasteiger partial charge in [-0.05, 0) is 144 Å². The molecule has 13 rings (SSSR count). The molecule has 0 radical (unpaired) electrons. The Morgan fingerprint density at radius 1 is 0.882 bits per heavy atom. The molecule has 1 aliphatic carbocycles. The van der Waals surface area contributed by atoms with Gasteiger partial charge in [-0.25, -0.2) is 33.0 Å². The van der Waals surface area contributed by atoms with Crippen LogP contribution in [-0.2, 0) is 32.6 Å². The van der Waals surface area contributed by atoms with E-state index in [-0.39, 0.29) is 77.6 Å². The molecule has 7 aromatic rings. The van der Waals surface area contributed by atoms with Crippen molar-refractivity contribution in [3.63, 3.8) is 0 Å². The van der Waals surface area contributed by atoms with Crippen LogP contribution in [0.3, 0.4) is 0 Å². The Kier molecular flexibility index (Phi) is 18.5. The number of rotatable bonds is 22. The highest BCUT2D eigenvalue weighted by Crippen LogP contribution is 2.37. The predicted octanol–water partition coefficient (Wildman–Crippen LogP) is 5.72. The third kappa shape index (κ3) is 13.5. The Morgan fingerprint density at radius 2 is 1.68 bits per heavy atom. The number of ether oxygens (including phenoxy) is 1. The number of nitrogens with zero attached hydrogens (tertiary/aromatic N) is 13. The average molecular weight is 1280 g/mol. The van der Waals surface area contributed by atoms with E-state index >= 15 is 0 Å². The van der Waals surface area contributed by atoms with Crippen LogP contribution in [-0.4, -0.2) is 172 Å². The molecule has 6 fully saturated rings. The van der Waals surface area contributed by atoms with E-state index in [1.807, 2.05) is 41.3 Å². The summed E-state index contributed by atoms with van der Waals surface area (Å²) in [5.74, 6) is -0.256. The van der Waals surface area contributed by atoms with Crippen molar-refractivity contribution >= 4 is 75.0 Å². The number of aromatic nitrogens is 9. The van der Waals surface area contributed by atoms with Crippen LogP contribution in [0, 0.1) is 5.92 Å². The lowest BCUT2D eigenvalue weighted by Crippen LogP contribution is -2.46. The number of alkyl halides is 2. The van der Waals surface area contributed by atoms with Crippen molar-refractivity contribution in [2.75, 3.05) is 85.9 Å². The van der Waals surface area contributed by atoms with Gasteiger partial charge in [-0.15, -0.1) is 0 Å². The summed E-state index contributed by atoms with van der Waals surface area (Å²) in [5.41, 5.74) is 9.45. The molecular weight excluding hydrogens is 1200 g/mol. The number of anilines is 5. The highest BCUT2D eigenvalue weighted by molar-refractivity contribution is 6.08. The monoisotopic (exact) mass is 1280 g/mol. The molecule has 2 bridgehead atoms. The van der Waals surface area contributed by atoms with Gasteiger partial charge in [0.15, 0.2) is 22.9 Å². The third-order valence-corrected chi connectivity index (χ3v) is 19.7. The number of aryl methyl sites for hydroxylation is 2. The fourth-order valence-corrected chi connectivity index (χ4v) is 14.6. The molecule has 93 heavy (non-hydrogen) atoms. The number of hydrogen-bond acceptors (Lipinski definition) is 17. The molecule has 26 nitrogen and oxygen atoms in total. The number of primary amides is 1. The Bertz CT molecular complexity index is 3960. The fraction of sp³-hybridized carbons (Fsp3) is 0.523. The number of nitrogens with one attached hydrogen (secondary N) is 4. The number of benzene rings is 2. The lowest BCUT2D eigenvalue weighted by atomic mass is 9.85. The summed E-state index contributed by atoms with van der Waals surface area (Å²) in [6.45, 7) is 5.58. The standard InChI is InChI=1S/C65H80F2N18O8/c1-78-57-41(9-7-10-49(57)85(65(78)92)50-19-20-53(86)76-64(50)91)8-3-6-25-79(37-54(87)81-28-21-40(22-29-81)39-11-15-43(16-12-39)72-60-56(59(68)88)70-34-52(74-60)80-26-4-2-5-27-80)31-24-69-62(89)42-13-17-44(18-14-42)84-36-48(55(77-84)58(66)67)73-63(90)47-33-71-83-30-23-51(75-61(47)83)82-35-46-32-45(82)38-93-46/h7,9-12,15-16,23,30,33-34,36,40,42,44-46,50,53,58,86H,2-6,8,13-14,17-22,24-29,31-32,35,37-38H2,1H3,(H2,68,88)(H,69,89)(H,72,74)(H,73,90)(H,76,91)/t42?,44?,45-,46-,50?,53?/m1/s1. The normalized spacial score (nSPS) is 21.9. The lowest BCUT2D eigenvalue weighted by molar-refractivity contribution is -0.133. The third-order valence-electron chi connectivity index (χ3n) is 19.7. The second kappa shape index (κ2) is 27.4. The highest BCUT2D eigenvalue weighted by Gasteiger charge is 2.40. The number of aliphatic hydroxyl groups excluding tert-OH is 1. The average Bonchev–Trinajstić information content (AvgIpc) is 1.62. The first-order valence-electron chi connectivity index (χ1n) is 32.8. The van der Waals surface area contributed by atoms with Gasteiger partial charge < -0.3 is 51.5 Å². The van der Waals surface area contributed by atoms with E-state index in [2.05, 4.69) is 63.3 Å². The van der Waals surface area contributed by atoms with E-state index in [9.17, 15) is 42.7 Å². The van der Waals surface area contributed by atoms with Gasteiger partial charge in [0.25, 0.3) is 18.2 Å². The number of aliphatic hydroxyl groups is 1. The van der Waals surface area contributed by atoms with Gasteiger partial charge in [-0.1, -0.05) is 24.3 Å². The Balaban J connectivity index is 0.625. The van der Waals surface area contributed by atoms with Gasteiger partial charge in [0.05, 0.1) is 60.5 Å². The molecule has 5 amide bonds. The number of morpholine rings is 1. The number of fused-ring (bicyclic) bond motifs is 4. The number of nitrogens with two attached hydrogens (primary N) is 1. The van der Waals surface area contributed by atoms with Crippen LogP contribution in [0.15, 0.2) is 78.1 Å². The summed E-state index contributed by atoms with van der Waals surface area (Å²) in [7, 11) is 1.70. The molecule has 5 saturated heterocycles. The number of piperidine rings is 3. The molecule has 5 aromatic heterocycles. The summed E-state index contributed by atoms with van der Waals surface area (Å²) in [5, 5.41) is 30.2. The zero-order valence-electron chi connectivity index (χ0n) is 52.2. The summed E-state index contributed by atoms with van der Waals surface area (Å²) in [6.07, 6.45) is 12.8. The Labute approximate surface area is 535 Å². The molecule has 7 N–H and O–H groups in total. The molecule has 492 valence electrons. The van der Waals surface area contributed by atoms with Gasteiger partial charge >= 0.3 is 5.69 Å². The van der Waals surface area contributed by atoms with Crippen molar-refractivity contribution in [2.45, 2.75) is 139 Å². The minimum absolute atomic E-state index is 0.00545. The maximum absolute atomic E-state index is 14.6. The molecule has 2 aromatic carbocycles. The number of likely N-dealkylation sites (tertiary alicyclic amines) is 1. The largest absolute Gasteiger partial charge is 0.374 e. The number of carbonyl (C=O) groups excluding carboxylic acids is 5. The van der Waals surface area contributed by atoms with E-state index in [0.717, 1.165) is 73.9 Å². The van der Waals surface area contributed by atoms with E-state index in [4.69, 9.17) is 20.4 Å². The van der Waals surface area contributed by atoms with Crippen molar-refractivity contribution in [3.05, 3.63) is 112 Å². The minimum atomic E-state index is -2.97. The quantitative estimate of drug-likeness (QED) is 0.0442. The Morgan fingerprint density at radius 3 is 2.41 bits per heavy atom. The van der Waals surface area contributed by atoms with Gasteiger partial charge in [0, 0.05) is 76.9 Å². The van der Waals surface area contributed by atoms with Crippen LogP contribution < -0.4 is 42.5 Å². The SMILES string of the molecule is Cn1c(=O)n(C2CCC(O)NC2=O)c2cccc(CCCCN(CCNC(=O)C3CCC(n4cc(NC(=O)c5cnn6ccc(N7C[C@H]8C[C@@H]7CO8)nc56)c(C(F)F)n4)CC3)CC(=O)N3CCC(c4ccc(Nc5nc(N6CCCCC6)cnc5C(N)=O)cc4)CC3)c21. The van der Waals surface area contributed by atoms with E-state index in [1.165, 1.54) is 32.6 Å². The maximum atomic E-state index is 14.6. The zero-order chi connectivity index (χ0) is 64.4. The minimum Gasteiger partial charge on any atom is -0.374 e. The summed E-state index contributed by atoms with van der Waals surface area (Å²) in [4.78, 5) is 103. The molecule has 28 heteroatoms. The number of unbranched alkanes of at least 4 members (excludes halogenated alkanes) is 1. The van der Waals surface area contributed by atoms with Crippen molar-refractivity contribution in [1.29, 1.82) is 0 Å². The van der Waals surface area contributed by atoms with Crippen molar-refractivity contribution < 1.29 is 42.6 Å².